The standard InChI is InChI=1S/C26H27N3O5S2/c1-5-29(17-18-9-7-6-8-10-18)36(31,32)20-13-11-19(12-14-20)25(30)27-26-28(2)23-21(33-3)15-16-22(34-4)24(23)35-26/h6-16H,5,17H2,1-4H3. The molecule has 4 aromatic rings. The van der Waals surface area contributed by atoms with Crippen LogP contribution in [-0.2, 0) is 23.6 Å². The quantitative estimate of drug-likeness (QED) is 0.344. The van der Waals surface area contributed by atoms with E-state index in [4.69, 9.17) is 9.47 Å². The Morgan fingerprint density at radius 3 is 2.22 bits per heavy atom. The zero-order valence-electron chi connectivity index (χ0n) is 20.5. The van der Waals surface area contributed by atoms with Crippen LogP contribution in [-0.4, -0.2) is 44.0 Å². The van der Waals surface area contributed by atoms with Crippen LogP contribution in [0.4, 0.5) is 0 Å². The summed E-state index contributed by atoms with van der Waals surface area (Å²) in [6.07, 6.45) is 0. The zero-order chi connectivity index (χ0) is 25.9. The zero-order valence-corrected chi connectivity index (χ0v) is 22.1. The molecule has 0 aliphatic rings. The molecule has 188 valence electrons. The van der Waals surface area contributed by atoms with Gasteiger partial charge >= 0.3 is 0 Å². The summed E-state index contributed by atoms with van der Waals surface area (Å²) in [5, 5.41) is 0. The number of benzene rings is 3. The summed E-state index contributed by atoms with van der Waals surface area (Å²) in [6, 6.07) is 18.9. The molecule has 1 aromatic heterocycles. The van der Waals surface area contributed by atoms with Gasteiger partial charge in [-0.1, -0.05) is 48.6 Å². The van der Waals surface area contributed by atoms with E-state index in [0.29, 0.717) is 22.8 Å². The largest absolute Gasteiger partial charge is 0.495 e. The van der Waals surface area contributed by atoms with Crippen molar-refractivity contribution < 1.29 is 22.7 Å². The lowest BCUT2D eigenvalue weighted by Crippen LogP contribution is -2.30. The summed E-state index contributed by atoms with van der Waals surface area (Å²) in [5.74, 6) is 0.825. The third-order valence-electron chi connectivity index (χ3n) is 5.80. The SMILES string of the molecule is CCN(Cc1ccccc1)S(=O)(=O)c1ccc(C(=O)N=c2sc3c(OC)ccc(OC)c3n2C)cc1. The maximum Gasteiger partial charge on any atom is 0.279 e. The number of ether oxygens (including phenoxy) is 2. The Hall–Kier alpha value is -3.47. The third-order valence-corrected chi connectivity index (χ3v) is 8.89. The van der Waals surface area contributed by atoms with Gasteiger partial charge in [0.25, 0.3) is 5.91 Å². The number of nitrogens with zero attached hydrogens (tertiary/aromatic N) is 3. The highest BCUT2D eigenvalue weighted by atomic mass is 32.2. The summed E-state index contributed by atoms with van der Waals surface area (Å²) in [4.78, 5) is 17.8. The Morgan fingerprint density at radius 2 is 1.61 bits per heavy atom. The van der Waals surface area contributed by atoms with Gasteiger partial charge in [-0.3, -0.25) is 4.79 Å². The molecule has 0 bridgehead atoms. The summed E-state index contributed by atoms with van der Waals surface area (Å²) in [6.45, 7) is 2.39. The lowest BCUT2D eigenvalue weighted by Gasteiger charge is -2.20. The predicted octanol–water partition coefficient (Wildman–Crippen LogP) is 4.21. The Kier molecular flexibility index (Phi) is 7.58. The molecule has 0 aliphatic heterocycles. The van der Waals surface area contributed by atoms with Crippen LogP contribution in [0.3, 0.4) is 0 Å². The van der Waals surface area contributed by atoms with Crippen molar-refractivity contribution in [2.24, 2.45) is 12.0 Å². The van der Waals surface area contributed by atoms with Gasteiger partial charge in [0.05, 0.1) is 19.1 Å². The number of carbonyl (C=O) groups is 1. The molecule has 4 rings (SSSR count). The molecule has 1 amide bonds. The monoisotopic (exact) mass is 525 g/mol. The normalized spacial score (nSPS) is 12.3. The van der Waals surface area contributed by atoms with Crippen LogP contribution in [0.2, 0.25) is 0 Å². The molecule has 0 spiro atoms. The Morgan fingerprint density at radius 1 is 0.972 bits per heavy atom. The van der Waals surface area contributed by atoms with Gasteiger partial charge in [0.15, 0.2) is 4.80 Å². The van der Waals surface area contributed by atoms with Crippen molar-refractivity contribution >= 4 is 37.5 Å². The van der Waals surface area contributed by atoms with Gasteiger partial charge in [0, 0.05) is 25.7 Å². The lowest BCUT2D eigenvalue weighted by molar-refractivity contribution is 0.0998. The molecule has 0 atom stereocenters. The van der Waals surface area contributed by atoms with E-state index < -0.39 is 15.9 Å². The first-order chi connectivity index (χ1) is 17.3. The molecule has 0 N–H and O–H groups in total. The number of sulfonamides is 1. The molecule has 0 radical (unpaired) electrons. The van der Waals surface area contributed by atoms with Crippen LogP contribution in [0.25, 0.3) is 10.2 Å². The van der Waals surface area contributed by atoms with Gasteiger partial charge in [-0.2, -0.15) is 9.30 Å². The second kappa shape index (κ2) is 10.7. The van der Waals surface area contributed by atoms with Crippen LogP contribution >= 0.6 is 11.3 Å². The van der Waals surface area contributed by atoms with Crippen LogP contribution in [0.15, 0.2) is 76.6 Å². The van der Waals surface area contributed by atoms with Crippen LogP contribution in [0, 0.1) is 0 Å². The Balaban J connectivity index is 1.63. The molecular formula is C26H27N3O5S2. The lowest BCUT2D eigenvalue weighted by atomic mass is 10.2. The van der Waals surface area contributed by atoms with Gasteiger partial charge in [0.2, 0.25) is 10.0 Å². The molecule has 36 heavy (non-hydrogen) atoms. The number of methoxy groups -OCH3 is 2. The van der Waals surface area contributed by atoms with Crippen molar-refractivity contribution in [2.75, 3.05) is 20.8 Å². The van der Waals surface area contributed by atoms with Gasteiger partial charge in [-0.05, 0) is 42.0 Å². The first-order valence-corrected chi connectivity index (χ1v) is 13.5. The molecule has 10 heteroatoms. The van der Waals surface area contributed by atoms with Crippen molar-refractivity contribution in [1.82, 2.24) is 8.87 Å². The van der Waals surface area contributed by atoms with Crippen molar-refractivity contribution in [3.63, 3.8) is 0 Å². The molecule has 0 saturated heterocycles. The van der Waals surface area contributed by atoms with Crippen molar-refractivity contribution in [2.45, 2.75) is 18.4 Å². The van der Waals surface area contributed by atoms with Gasteiger partial charge < -0.3 is 14.0 Å². The molecule has 0 unspecified atom stereocenters. The molecule has 3 aromatic carbocycles. The Labute approximate surface area is 214 Å². The van der Waals surface area contributed by atoms with Crippen molar-refractivity contribution in [3.05, 3.63) is 82.7 Å². The molecular weight excluding hydrogens is 498 g/mol. The number of hydrogen-bond acceptors (Lipinski definition) is 6. The maximum atomic E-state index is 13.2. The summed E-state index contributed by atoms with van der Waals surface area (Å²) in [5.41, 5.74) is 1.96. The van der Waals surface area contributed by atoms with E-state index in [1.54, 1.807) is 44.9 Å². The first-order valence-electron chi connectivity index (χ1n) is 11.2. The van der Waals surface area contributed by atoms with Crippen LogP contribution in [0.5, 0.6) is 11.5 Å². The summed E-state index contributed by atoms with van der Waals surface area (Å²) >= 11 is 1.31. The fourth-order valence-corrected chi connectivity index (χ4v) is 6.42. The number of aryl methyl sites for hydroxylation is 1. The molecule has 0 saturated carbocycles. The minimum Gasteiger partial charge on any atom is -0.495 e. The van der Waals surface area contributed by atoms with E-state index in [9.17, 15) is 13.2 Å². The highest BCUT2D eigenvalue weighted by Crippen LogP contribution is 2.34. The summed E-state index contributed by atoms with van der Waals surface area (Å²) < 4.78 is 41.3. The van der Waals surface area contributed by atoms with E-state index in [1.165, 1.54) is 39.9 Å². The molecule has 0 fully saturated rings. The minimum atomic E-state index is -3.73. The first kappa shape index (κ1) is 25.6. The van der Waals surface area contributed by atoms with Crippen molar-refractivity contribution in [1.29, 1.82) is 0 Å². The number of carbonyl (C=O) groups excluding carboxylic acids is 1. The minimum absolute atomic E-state index is 0.124. The smallest absolute Gasteiger partial charge is 0.279 e. The molecule has 0 aliphatic carbocycles. The Bertz CT molecular complexity index is 1560. The fraction of sp³-hybridized carbons (Fsp3) is 0.231. The van der Waals surface area contributed by atoms with Gasteiger partial charge in [0.1, 0.15) is 21.7 Å². The number of amides is 1. The van der Waals surface area contributed by atoms with Gasteiger partial charge in [-0.15, -0.1) is 0 Å². The number of rotatable bonds is 8. The average Bonchev–Trinajstić information content (AvgIpc) is 3.23. The molecule has 1 heterocycles. The maximum absolute atomic E-state index is 13.2. The van der Waals surface area contributed by atoms with Crippen LogP contribution < -0.4 is 14.3 Å². The second-order valence-electron chi connectivity index (χ2n) is 7.95. The van der Waals surface area contributed by atoms with E-state index in [-0.39, 0.29) is 17.0 Å². The number of thiazole rings is 1. The average molecular weight is 526 g/mol. The second-order valence-corrected chi connectivity index (χ2v) is 10.9. The highest BCUT2D eigenvalue weighted by molar-refractivity contribution is 7.89. The van der Waals surface area contributed by atoms with E-state index in [0.717, 1.165) is 15.8 Å². The number of hydrogen-bond donors (Lipinski definition) is 0. The molecule has 8 nitrogen and oxygen atoms in total. The third kappa shape index (κ3) is 4.92. The summed E-state index contributed by atoms with van der Waals surface area (Å²) in [7, 11) is 1.23. The number of fused-ring (bicyclic) bond motifs is 1. The highest BCUT2D eigenvalue weighted by Gasteiger charge is 2.23. The van der Waals surface area contributed by atoms with E-state index >= 15 is 0 Å². The number of aromatic nitrogens is 1. The van der Waals surface area contributed by atoms with E-state index in [1.807, 2.05) is 30.3 Å². The van der Waals surface area contributed by atoms with E-state index in [2.05, 4.69) is 4.99 Å². The predicted molar refractivity (Wildman–Crippen MR) is 140 cm³/mol. The van der Waals surface area contributed by atoms with Crippen LogP contribution in [0.1, 0.15) is 22.8 Å². The van der Waals surface area contributed by atoms with Crippen molar-refractivity contribution in [3.8, 4) is 11.5 Å². The topological polar surface area (TPSA) is 90.2 Å². The van der Waals surface area contributed by atoms with Gasteiger partial charge in [-0.25, -0.2) is 8.42 Å². The fourth-order valence-electron chi connectivity index (χ4n) is 3.85.